The molecule has 1 heteroatoms. The van der Waals surface area contributed by atoms with Crippen LogP contribution in [0.3, 0.4) is 0 Å². The average Bonchev–Trinajstić information content (AvgIpc) is 2.96. The molecule has 79 valence electrons. The molecule has 2 saturated carbocycles. The van der Waals surface area contributed by atoms with Crippen LogP contribution in [0.2, 0.25) is 0 Å². The number of hydrogen-bond donors (Lipinski definition) is 0. The molecule has 0 aromatic carbocycles. The van der Waals surface area contributed by atoms with Crippen molar-refractivity contribution in [1.82, 2.24) is 0 Å². The van der Waals surface area contributed by atoms with Gasteiger partial charge in [-0.1, -0.05) is 0 Å². The second-order valence-electron chi connectivity index (χ2n) is 4.90. The van der Waals surface area contributed by atoms with Gasteiger partial charge in [-0.25, -0.2) is 0 Å². The Labute approximate surface area is 98.4 Å². The molecule has 0 spiro atoms. The molecule has 0 amide bonds. The van der Waals surface area contributed by atoms with Gasteiger partial charge in [0.2, 0.25) is 0 Å². The van der Waals surface area contributed by atoms with E-state index in [4.69, 9.17) is 0 Å². The Morgan fingerprint density at radius 1 is 0.733 bits per heavy atom. The van der Waals surface area contributed by atoms with Crippen LogP contribution in [-0.4, -0.2) is 0 Å². The summed E-state index contributed by atoms with van der Waals surface area (Å²) in [6.45, 7) is 0. The Morgan fingerprint density at radius 2 is 1.27 bits per heavy atom. The van der Waals surface area contributed by atoms with Crippen LogP contribution in [-0.2, 0) is 17.1 Å². The predicted molar refractivity (Wildman–Crippen MR) is 57.9 cm³/mol. The summed E-state index contributed by atoms with van der Waals surface area (Å²) in [6, 6.07) is 0. The Kier molecular flexibility index (Phi) is 1.77. The fourth-order valence-electron chi connectivity index (χ4n) is 2.97. The quantitative estimate of drug-likeness (QED) is 0.676. The second-order valence-corrected chi connectivity index (χ2v) is 7.07. The molecule has 0 saturated heterocycles. The van der Waals surface area contributed by atoms with Gasteiger partial charge in [0, 0.05) is 0 Å². The van der Waals surface area contributed by atoms with Crippen LogP contribution in [0.5, 0.6) is 0 Å². The average molecular weight is 285 g/mol. The van der Waals surface area contributed by atoms with E-state index < -0.39 is 0 Å². The zero-order chi connectivity index (χ0) is 9.83. The van der Waals surface area contributed by atoms with Crippen molar-refractivity contribution >= 4 is 0 Å². The first-order valence-corrected chi connectivity index (χ1v) is 7.46. The predicted octanol–water partition coefficient (Wildman–Crippen LogP) is 3.82. The maximum absolute atomic E-state index is 2.51. The topological polar surface area (TPSA) is 0 Å². The third kappa shape index (κ3) is 1.29. The first-order valence-electron chi connectivity index (χ1n) is 5.82. The van der Waals surface area contributed by atoms with Crippen molar-refractivity contribution in [3.63, 3.8) is 0 Å². The third-order valence-corrected chi connectivity index (χ3v) is 6.36. The van der Waals surface area contributed by atoms with Gasteiger partial charge in [0.25, 0.3) is 0 Å². The van der Waals surface area contributed by atoms with E-state index in [2.05, 4.69) is 12.2 Å². The number of hydrogen-bond acceptors (Lipinski definition) is 0. The number of allylic oxidation sites excluding steroid dienone is 8. The molecule has 0 heterocycles. The molecule has 0 unspecified atom stereocenters. The molecule has 4 aliphatic rings. The third-order valence-electron chi connectivity index (χ3n) is 3.85. The minimum absolute atomic E-state index is 0.576. The molecule has 15 heavy (non-hydrogen) atoms. The molecule has 4 aliphatic carbocycles. The fourth-order valence-corrected chi connectivity index (χ4v) is 5.63. The summed E-state index contributed by atoms with van der Waals surface area (Å²) < 4.78 is 3.48. The molecule has 0 aliphatic heterocycles. The van der Waals surface area contributed by atoms with Gasteiger partial charge in [-0.05, 0) is 0 Å². The SMILES string of the molecule is C1=C2CCC(=[C]1[Rh][C]1=C3CCC(=C1)C3)C2. The van der Waals surface area contributed by atoms with Gasteiger partial charge >= 0.3 is 98.4 Å². The summed E-state index contributed by atoms with van der Waals surface area (Å²) in [7, 11) is 0. The van der Waals surface area contributed by atoms with Gasteiger partial charge in [-0.15, -0.1) is 0 Å². The zero-order valence-electron chi connectivity index (χ0n) is 8.73. The Hall–Kier alpha value is -0.417. The van der Waals surface area contributed by atoms with Crippen molar-refractivity contribution in [2.75, 3.05) is 0 Å². The van der Waals surface area contributed by atoms with E-state index in [0.717, 1.165) is 0 Å². The molecular weight excluding hydrogens is 271 g/mol. The van der Waals surface area contributed by atoms with Crippen LogP contribution < -0.4 is 0 Å². The normalized spacial score (nSPS) is 27.2. The van der Waals surface area contributed by atoms with Gasteiger partial charge in [0.05, 0.1) is 0 Å². The molecule has 0 nitrogen and oxygen atoms in total. The monoisotopic (exact) mass is 285 g/mol. The van der Waals surface area contributed by atoms with Crippen molar-refractivity contribution in [1.29, 1.82) is 0 Å². The van der Waals surface area contributed by atoms with Gasteiger partial charge < -0.3 is 0 Å². The fraction of sp³-hybridized carbons (Fsp3) is 0.429. The molecule has 0 atom stereocenters. The van der Waals surface area contributed by atoms with E-state index in [-0.39, 0.29) is 0 Å². The Bertz CT molecular complexity index is 428. The maximum atomic E-state index is 2.51. The van der Waals surface area contributed by atoms with Crippen molar-refractivity contribution in [3.8, 4) is 0 Å². The van der Waals surface area contributed by atoms with Crippen LogP contribution in [0.1, 0.15) is 38.5 Å². The second kappa shape index (κ2) is 3.04. The standard InChI is InChI=1S/2C7H7.Rh/c2*1-2-7-4-3-6(1)5-7;/h2*1H,3-5H2;. The summed E-state index contributed by atoms with van der Waals surface area (Å²) in [5, 5.41) is 0. The van der Waals surface area contributed by atoms with Crippen molar-refractivity contribution in [2.45, 2.75) is 38.5 Å². The van der Waals surface area contributed by atoms with Crippen LogP contribution >= 0.6 is 0 Å². The summed E-state index contributed by atoms with van der Waals surface area (Å²) in [6.07, 6.45) is 13.2. The molecule has 2 fully saturated rings. The summed E-state index contributed by atoms with van der Waals surface area (Å²) in [4.78, 5) is 0. The molecule has 0 radical (unpaired) electrons. The Morgan fingerprint density at radius 3 is 1.60 bits per heavy atom. The van der Waals surface area contributed by atoms with Crippen LogP contribution in [0.25, 0.3) is 0 Å². The van der Waals surface area contributed by atoms with E-state index in [0.29, 0.717) is 17.1 Å². The van der Waals surface area contributed by atoms with Crippen molar-refractivity contribution in [3.05, 3.63) is 42.8 Å². The first-order chi connectivity index (χ1) is 7.38. The zero-order valence-corrected chi connectivity index (χ0v) is 10.4. The first kappa shape index (κ1) is 8.70. The van der Waals surface area contributed by atoms with Crippen LogP contribution in [0.15, 0.2) is 42.8 Å². The van der Waals surface area contributed by atoms with E-state index >= 15 is 0 Å². The summed E-state index contributed by atoms with van der Waals surface area (Å²) >= 11 is 0.576. The Balaban J connectivity index is 1.64. The number of fused-ring (bicyclic) bond motifs is 4. The molecule has 0 aromatic rings. The molecular formula is C14H14Rh. The molecule has 4 bridgehead atoms. The molecule has 0 aromatic heterocycles. The van der Waals surface area contributed by atoms with E-state index in [1.807, 2.05) is 0 Å². The molecule has 0 N–H and O–H groups in total. The van der Waals surface area contributed by atoms with Crippen molar-refractivity contribution < 1.29 is 17.1 Å². The van der Waals surface area contributed by atoms with Gasteiger partial charge in [-0.3, -0.25) is 0 Å². The van der Waals surface area contributed by atoms with Crippen LogP contribution in [0.4, 0.5) is 0 Å². The number of rotatable bonds is 2. The van der Waals surface area contributed by atoms with Gasteiger partial charge in [0.1, 0.15) is 0 Å². The summed E-state index contributed by atoms with van der Waals surface area (Å²) in [5.74, 6) is 0. The molecule has 4 rings (SSSR count). The van der Waals surface area contributed by atoms with Gasteiger partial charge in [-0.2, -0.15) is 0 Å². The van der Waals surface area contributed by atoms with Gasteiger partial charge in [0.15, 0.2) is 0 Å². The van der Waals surface area contributed by atoms with E-state index in [1.54, 1.807) is 30.6 Å². The summed E-state index contributed by atoms with van der Waals surface area (Å²) in [5.41, 5.74) is 6.99. The van der Waals surface area contributed by atoms with Crippen molar-refractivity contribution in [2.24, 2.45) is 0 Å². The van der Waals surface area contributed by atoms with Crippen LogP contribution in [0, 0.1) is 0 Å². The van der Waals surface area contributed by atoms with E-state index in [1.165, 1.54) is 38.5 Å². The minimum atomic E-state index is 0.576. The van der Waals surface area contributed by atoms with E-state index in [9.17, 15) is 0 Å².